The summed E-state index contributed by atoms with van der Waals surface area (Å²) < 4.78 is 5.66. The van der Waals surface area contributed by atoms with Gasteiger partial charge in [0.05, 0.1) is 6.04 Å². The molecule has 0 spiro atoms. The van der Waals surface area contributed by atoms with Crippen LogP contribution in [0.25, 0.3) is 0 Å². The molecule has 0 aromatic heterocycles. The Morgan fingerprint density at radius 1 is 0.929 bits per heavy atom. The molecule has 2 amide bonds. The first-order valence-electron chi connectivity index (χ1n) is 9.08. The van der Waals surface area contributed by atoms with Gasteiger partial charge in [0.15, 0.2) is 6.73 Å². The summed E-state index contributed by atoms with van der Waals surface area (Å²) in [5.41, 5.74) is 3.89. The van der Waals surface area contributed by atoms with E-state index < -0.39 is 0 Å². The highest BCUT2D eigenvalue weighted by Gasteiger charge is 2.16. The van der Waals surface area contributed by atoms with Gasteiger partial charge in [-0.15, -0.1) is 0 Å². The van der Waals surface area contributed by atoms with Gasteiger partial charge in [-0.1, -0.05) is 72.3 Å². The molecule has 0 aliphatic heterocycles. The summed E-state index contributed by atoms with van der Waals surface area (Å²) in [6.07, 6.45) is 0. The number of rotatable bonds is 6. The van der Waals surface area contributed by atoms with Crippen molar-refractivity contribution >= 4 is 17.6 Å². The van der Waals surface area contributed by atoms with Crippen LogP contribution in [0.3, 0.4) is 0 Å². The highest BCUT2D eigenvalue weighted by Crippen LogP contribution is 2.25. The van der Waals surface area contributed by atoms with Crippen molar-refractivity contribution in [2.75, 3.05) is 6.73 Å². The van der Waals surface area contributed by atoms with E-state index in [9.17, 15) is 4.79 Å². The van der Waals surface area contributed by atoms with Gasteiger partial charge in [0.1, 0.15) is 5.75 Å². The molecule has 3 aromatic carbocycles. The van der Waals surface area contributed by atoms with Crippen molar-refractivity contribution in [3.63, 3.8) is 0 Å². The number of carbonyl (C=O) groups is 1. The minimum absolute atomic E-state index is 0.0582. The number of amides is 2. The smallest absolute Gasteiger partial charge is 0.318 e. The van der Waals surface area contributed by atoms with E-state index in [1.165, 1.54) is 0 Å². The fourth-order valence-electron chi connectivity index (χ4n) is 3.01. The van der Waals surface area contributed by atoms with Crippen LogP contribution in [0.2, 0.25) is 5.02 Å². The molecule has 3 aromatic rings. The summed E-state index contributed by atoms with van der Waals surface area (Å²) in [6.45, 7) is 3.90. The van der Waals surface area contributed by atoms with E-state index in [0.717, 1.165) is 27.3 Å². The molecule has 3 rings (SSSR count). The van der Waals surface area contributed by atoms with Crippen LogP contribution in [0.15, 0.2) is 72.8 Å². The number of halogens is 1. The molecule has 0 fully saturated rings. The predicted octanol–water partition coefficient (Wildman–Crippen LogP) is 5.38. The first-order valence-corrected chi connectivity index (χ1v) is 9.46. The van der Waals surface area contributed by atoms with Gasteiger partial charge in [0.25, 0.3) is 0 Å². The Kier molecular flexibility index (Phi) is 6.56. The second kappa shape index (κ2) is 9.29. The highest BCUT2D eigenvalue weighted by molar-refractivity contribution is 6.32. The van der Waals surface area contributed by atoms with Crippen LogP contribution >= 0.6 is 11.6 Å². The molecule has 5 heteroatoms. The molecule has 0 saturated heterocycles. The second-order valence-electron chi connectivity index (χ2n) is 6.56. The van der Waals surface area contributed by atoms with Crippen molar-refractivity contribution in [2.24, 2.45) is 0 Å². The van der Waals surface area contributed by atoms with Crippen LogP contribution in [0, 0.1) is 13.8 Å². The maximum Gasteiger partial charge on any atom is 0.318 e. The molecule has 144 valence electrons. The highest BCUT2D eigenvalue weighted by atomic mass is 35.5. The third-order valence-electron chi connectivity index (χ3n) is 4.42. The number of ether oxygens (including phenoxy) is 1. The van der Waals surface area contributed by atoms with E-state index in [1.54, 1.807) is 0 Å². The average Bonchev–Trinajstić information content (AvgIpc) is 2.71. The molecule has 0 saturated carbocycles. The minimum atomic E-state index is -0.305. The van der Waals surface area contributed by atoms with Crippen LogP contribution < -0.4 is 15.4 Å². The summed E-state index contributed by atoms with van der Waals surface area (Å²) in [6, 6.07) is 22.9. The Bertz CT molecular complexity index is 867. The molecule has 0 radical (unpaired) electrons. The van der Waals surface area contributed by atoms with E-state index in [0.29, 0.717) is 5.75 Å². The lowest BCUT2D eigenvalue weighted by Crippen LogP contribution is -2.40. The van der Waals surface area contributed by atoms with E-state index in [-0.39, 0.29) is 18.8 Å². The standard InChI is InChI=1S/C23H23ClN2O2/c1-16-13-20(14-17(2)21(16)24)28-15-25-23(27)26-22(18-9-5-3-6-10-18)19-11-7-4-8-12-19/h3-14,22H,15H2,1-2H3,(H2,25,26,27). The van der Waals surface area contributed by atoms with E-state index in [1.807, 2.05) is 86.6 Å². The molecule has 2 N–H and O–H groups in total. The van der Waals surface area contributed by atoms with E-state index in [4.69, 9.17) is 16.3 Å². The van der Waals surface area contributed by atoms with Gasteiger partial charge in [-0.3, -0.25) is 0 Å². The van der Waals surface area contributed by atoms with Crippen molar-refractivity contribution in [1.29, 1.82) is 0 Å². The van der Waals surface area contributed by atoms with Crippen molar-refractivity contribution in [2.45, 2.75) is 19.9 Å². The molecule has 0 aliphatic rings. The molecule has 0 unspecified atom stereocenters. The average molecular weight is 395 g/mol. The van der Waals surface area contributed by atoms with Gasteiger partial charge < -0.3 is 15.4 Å². The van der Waals surface area contributed by atoms with Crippen molar-refractivity contribution in [1.82, 2.24) is 10.6 Å². The SMILES string of the molecule is Cc1cc(OCNC(=O)NC(c2ccccc2)c2ccccc2)cc(C)c1Cl. The molecule has 0 heterocycles. The molecule has 0 atom stereocenters. The number of hydrogen-bond donors (Lipinski definition) is 2. The van der Waals surface area contributed by atoms with Crippen molar-refractivity contribution in [3.05, 3.63) is 100 Å². The Morgan fingerprint density at radius 2 is 1.43 bits per heavy atom. The van der Waals surface area contributed by atoms with E-state index in [2.05, 4.69) is 10.6 Å². The van der Waals surface area contributed by atoms with Gasteiger partial charge in [0.2, 0.25) is 0 Å². The topological polar surface area (TPSA) is 50.4 Å². The number of urea groups is 1. The van der Waals surface area contributed by atoms with Gasteiger partial charge >= 0.3 is 6.03 Å². The zero-order chi connectivity index (χ0) is 19.9. The Hall–Kier alpha value is -2.98. The van der Waals surface area contributed by atoms with Crippen LogP contribution in [0.1, 0.15) is 28.3 Å². The monoisotopic (exact) mass is 394 g/mol. The maximum atomic E-state index is 12.5. The molecule has 0 aliphatic carbocycles. The van der Waals surface area contributed by atoms with Gasteiger partial charge in [0, 0.05) is 5.02 Å². The van der Waals surface area contributed by atoms with Crippen molar-refractivity contribution < 1.29 is 9.53 Å². The van der Waals surface area contributed by atoms with Gasteiger partial charge in [-0.25, -0.2) is 4.79 Å². The maximum absolute atomic E-state index is 12.5. The summed E-state index contributed by atoms with van der Waals surface area (Å²) in [4.78, 5) is 12.5. The molecular weight excluding hydrogens is 372 g/mol. The lowest BCUT2D eigenvalue weighted by molar-refractivity contribution is 0.222. The fourth-order valence-corrected chi connectivity index (χ4v) is 3.12. The first kappa shape index (κ1) is 19.8. The molecule has 0 bridgehead atoms. The van der Waals surface area contributed by atoms with Gasteiger partial charge in [-0.05, 0) is 48.2 Å². The van der Waals surface area contributed by atoms with Gasteiger partial charge in [-0.2, -0.15) is 0 Å². The Labute approximate surface area is 170 Å². The molecular formula is C23H23ClN2O2. The lowest BCUT2D eigenvalue weighted by Gasteiger charge is -2.20. The summed E-state index contributed by atoms with van der Waals surface area (Å²) >= 11 is 6.17. The van der Waals surface area contributed by atoms with Crippen LogP contribution in [0.5, 0.6) is 5.75 Å². The Balaban J connectivity index is 1.63. The normalized spacial score (nSPS) is 10.6. The molecule has 28 heavy (non-hydrogen) atoms. The summed E-state index contributed by atoms with van der Waals surface area (Å²) in [5.74, 6) is 0.669. The van der Waals surface area contributed by atoms with Crippen LogP contribution in [-0.2, 0) is 0 Å². The third-order valence-corrected chi connectivity index (χ3v) is 5.02. The first-order chi connectivity index (χ1) is 13.5. The number of nitrogens with one attached hydrogen (secondary N) is 2. The largest absolute Gasteiger partial charge is 0.473 e. The number of aryl methyl sites for hydroxylation is 2. The lowest BCUT2D eigenvalue weighted by atomic mass is 9.99. The quantitative estimate of drug-likeness (QED) is 0.551. The van der Waals surface area contributed by atoms with Crippen molar-refractivity contribution in [3.8, 4) is 5.75 Å². The van der Waals surface area contributed by atoms with Crippen LogP contribution in [-0.4, -0.2) is 12.8 Å². The number of hydrogen-bond acceptors (Lipinski definition) is 2. The minimum Gasteiger partial charge on any atom is -0.473 e. The molecule has 4 nitrogen and oxygen atoms in total. The van der Waals surface area contributed by atoms with Crippen LogP contribution in [0.4, 0.5) is 4.79 Å². The number of carbonyl (C=O) groups excluding carboxylic acids is 1. The zero-order valence-electron chi connectivity index (χ0n) is 15.9. The fraction of sp³-hybridized carbons (Fsp3) is 0.174. The zero-order valence-corrected chi connectivity index (χ0v) is 16.7. The summed E-state index contributed by atoms with van der Waals surface area (Å²) in [5, 5.41) is 6.49. The van der Waals surface area contributed by atoms with E-state index >= 15 is 0 Å². The predicted molar refractivity (Wildman–Crippen MR) is 113 cm³/mol. The third kappa shape index (κ3) is 5.05. The summed E-state index contributed by atoms with van der Waals surface area (Å²) in [7, 11) is 0. The number of benzene rings is 3. The Morgan fingerprint density at radius 3 is 1.93 bits per heavy atom. The second-order valence-corrected chi connectivity index (χ2v) is 6.94.